The van der Waals surface area contributed by atoms with Crippen LogP contribution in [0.5, 0.6) is 11.5 Å². The van der Waals surface area contributed by atoms with Crippen molar-refractivity contribution < 1.29 is 13.7 Å². The van der Waals surface area contributed by atoms with Crippen LogP contribution in [0.25, 0.3) is 11.3 Å². The van der Waals surface area contributed by atoms with E-state index in [4.69, 9.17) is 9.26 Å². The number of hydrogen-bond donors (Lipinski definition) is 0. The second kappa shape index (κ2) is 4.94. The Bertz CT molecular complexity index is 646. The van der Waals surface area contributed by atoms with Crippen molar-refractivity contribution in [2.24, 2.45) is 0 Å². The number of benzene rings is 2. The van der Waals surface area contributed by atoms with Crippen molar-refractivity contribution in [1.82, 2.24) is 5.16 Å². The summed E-state index contributed by atoms with van der Waals surface area (Å²) in [4.78, 5) is 0. The first-order chi connectivity index (χ1) is 9.31. The molecule has 0 spiro atoms. The zero-order chi connectivity index (χ0) is 13.1. The van der Waals surface area contributed by atoms with E-state index >= 15 is 0 Å². The highest BCUT2D eigenvalue weighted by Crippen LogP contribution is 2.25. The Labute approximate surface area is 109 Å². The molecule has 4 heteroatoms. The monoisotopic (exact) mass is 255 g/mol. The van der Waals surface area contributed by atoms with Crippen LogP contribution >= 0.6 is 0 Å². The van der Waals surface area contributed by atoms with Crippen molar-refractivity contribution in [2.45, 2.75) is 0 Å². The molecular weight excluding hydrogens is 245 g/mol. The lowest BCUT2D eigenvalue weighted by molar-refractivity contribution is 0.422. The molecule has 0 aliphatic carbocycles. The van der Waals surface area contributed by atoms with Gasteiger partial charge in [0.1, 0.15) is 29.3 Å². The van der Waals surface area contributed by atoms with Gasteiger partial charge in [0.15, 0.2) is 0 Å². The topological polar surface area (TPSA) is 35.3 Å². The summed E-state index contributed by atoms with van der Waals surface area (Å²) in [6, 6.07) is 15.1. The smallest absolute Gasteiger partial charge is 0.127 e. The minimum absolute atomic E-state index is 0.284. The molecule has 2 aromatic carbocycles. The van der Waals surface area contributed by atoms with Crippen LogP contribution in [-0.2, 0) is 0 Å². The van der Waals surface area contributed by atoms with Crippen molar-refractivity contribution in [1.29, 1.82) is 0 Å². The van der Waals surface area contributed by atoms with Gasteiger partial charge in [-0.1, -0.05) is 5.16 Å². The van der Waals surface area contributed by atoms with Crippen molar-refractivity contribution in [2.75, 3.05) is 0 Å². The Hall–Kier alpha value is -2.62. The van der Waals surface area contributed by atoms with Gasteiger partial charge in [-0.15, -0.1) is 0 Å². The van der Waals surface area contributed by atoms with Crippen LogP contribution in [0.4, 0.5) is 4.39 Å². The quantitative estimate of drug-likeness (QED) is 0.701. The molecule has 0 bridgehead atoms. The van der Waals surface area contributed by atoms with E-state index in [-0.39, 0.29) is 5.82 Å². The number of halogens is 1. The van der Waals surface area contributed by atoms with E-state index in [9.17, 15) is 4.39 Å². The molecule has 0 amide bonds. The third-order valence-electron chi connectivity index (χ3n) is 2.64. The average Bonchev–Trinajstić information content (AvgIpc) is 2.96. The Morgan fingerprint density at radius 3 is 2.05 bits per heavy atom. The van der Waals surface area contributed by atoms with Crippen LogP contribution < -0.4 is 4.74 Å². The lowest BCUT2D eigenvalue weighted by Gasteiger charge is -2.05. The highest BCUT2D eigenvalue weighted by Gasteiger charge is 2.02. The zero-order valence-electron chi connectivity index (χ0n) is 9.92. The SMILES string of the molecule is Fc1ccc(Oc2ccc(-c3ccon3)cc2)cc1. The number of ether oxygens (including phenoxy) is 1. The molecular formula is C15H10FNO2. The molecule has 0 unspecified atom stereocenters. The van der Waals surface area contributed by atoms with Crippen LogP contribution in [0, 0.1) is 5.82 Å². The van der Waals surface area contributed by atoms with E-state index in [1.165, 1.54) is 18.4 Å². The summed E-state index contributed by atoms with van der Waals surface area (Å²) >= 11 is 0. The third kappa shape index (κ3) is 2.63. The van der Waals surface area contributed by atoms with Gasteiger partial charge in [-0.05, 0) is 48.5 Å². The molecule has 0 aliphatic rings. The fraction of sp³-hybridized carbons (Fsp3) is 0. The van der Waals surface area contributed by atoms with Crippen molar-refractivity contribution in [3.63, 3.8) is 0 Å². The molecule has 3 aromatic rings. The second-order valence-electron chi connectivity index (χ2n) is 3.97. The molecule has 0 saturated carbocycles. The molecule has 0 aliphatic heterocycles. The maximum absolute atomic E-state index is 12.8. The Morgan fingerprint density at radius 1 is 0.842 bits per heavy atom. The second-order valence-corrected chi connectivity index (χ2v) is 3.97. The Balaban J connectivity index is 1.77. The summed E-state index contributed by atoms with van der Waals surface area (Å²) in [5.74, 6) is 0.989. The maximum Gasteiger partial charge on any atom is 0.127 e. The van der Waals surface area contributed by atoms with E-state index in [0.717, 1.165) is 11.3 Å². The first-order valence-corrected chi connectivity index (χ1v) is 5.75. The summed E-state index contributed by atoms with van der Waals surface area (Å²) in [5.41, 5.74) is 1.72. The van der Waals surface area contributed by atoms with E-state index in [1.807, 2.05) is 24.3 Å². The van der Waals surface area contributed by atoms with Crippen LogP contribution in [0.15, 0.2) is 65.4 Å². The van der Waals surface area contributed by atoms with Gasteiger partial charge in [-0.25, -0.2) is 4.39 Å². The average molecular weight is 255 g/mol. The number of nitrogens with zero attached hydrogens (tertiary/aromatic N) is 1. The van der Waals surface area contributed by atoms with E-state index in [0.29, 0.717) is 11.5 Å². The van der Waals surface area contributed by atoms with E-state index in [2.05, 4.69) is 5.16 Å². The third-order valence-corrected chi connectivity index (χ3v) is 2.64. The number of aromatic nitrogens is 1. The predicted molar refractivity (Wildman–Crippen MR) is 68.4 cm³/mol. The molecule has 0 saturated heterocycles. The number of rotatable bonds is 3. The lowest BCUT2D eigenvalue weighted by atomic mass is 10.1. The molecule has 0 fully saturated rings. The molecule has 1 heterocycles. The van der Waals surface area contributed by atoms with Gasteiger partial charge in [-0.2, -0.15) is 0 Å². The standard InChI is InChI=1S/C15H10FNO2/c16-12-3-7-14(8-4-12)19-13-5-1-11(2-6-13)15-9-10-18-17-15/h1-10H. The summed E-state index contributed by atoms with van der Waals surface area (Å²) in [5, 5.41) is 3.85. The molecule has 3 rings (SSSR count). The molecule has 0 atom stereocenters. The van der Waals surface area contributed by atoms with Gasteiger partial charge in [0.25, 0.3) is 0 Å². The molecule has 94 valence electrons. The Morgan fingerprint density at radius 2 is 1.47 bits per heavy atom. The van der Waals surface area contributed by atoms with E-state index in [1.54, 1.807) is 18.2 Å². The van der Waals surface area contributed by atoms with Gasteiger partial charge in [0, 0.05) is 11.6 Å². The lowest BCUT2D eigenvalue weighted by Crippen LogP contribution is -1.85. The van der Waals surface area contributed by atoms with Crippen LogP contribution in [0.3, 0.4) is 0 Å². The summed E-state index contributed by atoms with van der Waals surface area (Å²) < 4.78 is 23.1. The molecule has 0 N–H and O–H groups in total. The Kier molecular flexibility index (Phi) is 2.98. The van der Waals surface area contributed by atoms with Crippen LogP contribution in [0.1, 0.15) is 0 Å². The van der Waals surface area contributed by atoms with Gasteiger partial charge >= 0.3 is 0 Å². The van der Waals surface area contributed by atoms with Crippen molar-refractivity contribution in [3.05, 3.63) is 66.7 Å². The van der Waals surface area contributed by atoms with Crippen LogP contribution in [0.2, 0.25) is 0 Å². The minimum Gasteiger partial charge on any atom is -0.457 e. The van der Waals surface area contributed by atoms with Crippen LogP contribution in [-0.4, -0.2) is 5.16 Å². The number of hydrogen-bond acceptors (Lipinski definition) is 3. The van der Waals surface area contributed by atoms with Gasteiger partial charge in [0.05, 0.1) is 0 Å². The molecule has 3 nitrogen and oxygen atoms in total. The summed E-state index contributed by atoms with van der Waals surface area (Å²) in [7, 11) is 0. The predicted octanol–water partition coefficient (Wildman–Crippen LogP) is 4.27. The minimum atomic E-state index is -0.284. The summed E-state index contributed by atoms with van der Waals surface area (Å²) in [6.45, 7) is 0. The molecule has 19 heavy (non-hydrogen) atoms. The first kappa shape index (κ1) is 11.5. The largest absolute Gasteiger partial charge is 0.457 e. The fourth-order valence-electron chi connectivity index (χ4n) is 1.69. The van der Waals surface area contributed by atoms with Crippen molar-refractivity contribution >= 4 is 0 Å². The zero-order valence-corrected chi connectivity index (χ0v) is 9.92. The van der Waals surface area contributed by atoms with E-state index < -0.39 is 0 Å². The molecule has 1 aromatic heterocycles. The maximum atomic E-state index is 12.8. The van der Waals surface area contributed by atoms with Crippen molar-refractivity contribution in [3.8, 4) is 22.8 Å². The highest BCUT2D eigenvalue weighted by atomic mass is 19.1. The van der Waals surface area contributed by atoms with Gasteiger partial charge in [0.2, 0.25) is 0 Å². The first-order valence-electron chi connectivity index (χ1n) is 5.75. The highest BCUT2D eigenvalue weighted by molar-refractivity contribution is 5.59. The summed E-state index contributed by atoms with van der Waals surface area (Å²) in [6.07, 6.45) is 1.53. The molecule has 0 radical (unpaired) electrons. The van der Waals surface area contributed by atoms with Gasteiger partial charge in [-0.3, -0.25) is 0 Å². The normalized spacial score (nSPS) is 10.4. The fourth-order valence-corrected chi connectivity index (χ4v) is 1.69. The van der Waals surface area contributed by atoms with Gasteiger partial charge < -0.3 is 9.26 Å².